The molecule has 2 aliphatic rings. The number of H-pyrrole nitrogens is 1. The predicted octanol–water partition coefficient (Wildman–Crippen LogP) is 3.44. The molecule has 3 N–H and O–H groups in total. The van der Waals surface area contributed by atoms with Gasteiger partial charge in [0, 0.05) is 19.1 Å². The van der Waals surface area contributed by atoms with Gasteiger partial charge in [-0.3, -0.25) is 4.90 Å². The maximum absolute atomic E-state index is 12.2. The van der Waals surface area contributed by atoms with Crippen LogP contribution in [0.2, 0.25) is 0 Å². The molecule has 30 heavy (non-hydrogen) atoms. The molecule has 2 aromatic heterocycles. The molecule has 3 heterocycles. The van der Waals surface area contributed by atoms with Gasteiger partial charge in [-0.25, -0.2) is 9.97 Å². The van der Waals surface area contributed by atoms with E-state index < -0.39 is 11.9 Å². The number of morpholine rings is 1. The van der Waals surface area contributed by atoms with Crippen LogP contribution in [0.25, 0.3) is 11.0 Å². The van der Waals surface area contributed by atoms with Gasteiger partial charge in [0.15, 0.2) is 0 Å². The average Bonchev–Trinajstić information content (AvgIpc) is 3.21. The van der Waals surface area contributed by atoms with Crippen LogP contribution in [-0.2, 0) is 23.8 Å². The molecule has 1 saturated heterocycles. The minimum atomic E-state index is -4.42. The Morgan fingerprint density at radius 1 is 1.10 bits per heavy atom. The van der Waals surface area contributed by atoms with Crippen molar-refractivity contribution in [3.05, 3.63) is 53.5 Å². The smallest absolute Gasteiger partial charge is 0.383 e. The zero-order valence-electron chi connectivity index (χ0n) is 16.5. The number of nitrogens with one attached hydrogen (secondary N) is 1. The number of halogens is 3. The summed E-state index contributed by atoms with van der Waals surface area (Å²) in [4.78, 5) is 11.9. The molecule has 0 spiro atoms. The summed E-state index contributed by atoms with van der Waals surface area (Å²) in [6, 6.07) is 10.5. The van der Waals surface area contributed by atoms with Gasteiger partial charge in [0.05, 0.1) is 18.6 Å². The number of benzene rings is 1. The maximum Gasteiger partial charge on any atom is 0.431 e. The van der Waals surface area contributed by atoms with Crippen molar-refractivity contribution >= 4 is 16.9 Å². The highest BCUT2D eigenvalue weighted by atomic mass is 19.4. The molecule has 9 heteroatoms. The summed E-state index contributed by atoms with van der Waals surface area (Å²) in [6.07, 6.45) is 0.479. The number of nitrogen functional groups attached to an aromatic ring is 1. The highest BCUT2D eigenvalue weighted by Gasteiger charge is 2.33. The van der Waals surface area contributed by atoms with E-state index in [1.54, 1.807) is 11.1 Å². The lowest BCUT2D eigenvalue weighted by atomic mass is 9.87. The number of hydrogen-bond donors (Lipinski definition) is 2. The minimum absolute atomic E-state index is 0.0294. The average molecular weight is 419 g/mol. The van der Waals surface area contributed by atoms with Gasteiger partial charge >= 0.3 is 6.18 Å². The van der Waals surface area contributed by atoms with E-state index in [-0.39, 0.29) is 16.9 Å². The first-order valence-electron chi connectivity index (χ1n) is 9.97. The second-order valence-corrected chi connectivity index (χ2v) is 7.52. The molecule has 0 bridgehead atoms. The number of nitrogens with zero attached hydrogens (tertiary/aromatic N) is 3. The highest BCUT2D eigenvalue weighted by molar-refractivity contribution is 5.86. The lowest BCUT2D eigenvalue weighted by Gasteiger charge is -2.37. The number of anilines is 1. The number of ether oxygens (including phenoxy) is 1. The zero-order valence-corrected chi connectivity index (χ0v) is 16.5. The summed E-state index contributed by atoms with van der Waals surface area (Å²) in [6.45, 7) is 4.07. The van der Waals surface area contributed by atoms with E-state index in [9.17, 15) is 13.2 Å². The van der Waals surface area contributed by atoms with Gasteiger partial charge in [-0.15, -0.1) is 0 Å². The van der Waals surface area contributed by atoms with E-state index in [0.29, 0.717) is 0 Å². The van der Waals surface area contributed by atoms with Crippen molar-refractivity contribution in [3.63, 3.8) is 0 Å². The van der Waals surface area contributed by atoms with Crippen LogP contribution >= 0.6 is 0 Å². The summed E-state index contributed by atoms with van der Waals surface area (Å²) >= 11 is 0. The van der Waals surface area contributed by atoms with E-state index in [0.717, 1.165) is 44.7 Å². The molecule has 0 amide bonds. The van der Waals surface area contributed by atoms with Gasteiger partial charge in [-0.2, -0.15) is 13.2 Å². The van der Waals surface area contributed by atoms with E-state index >= 15 is 0 Å². The van der Waals surface area contributed by atoms with Crippen LogP contribution < -0.4 is 5.73 Å². The van der Waals surface area contributed by atoms with Crippen molar-refractivity contribution < 1.29 is 17.9 Å². The number of nitrogens with two attached hydrogens (primary N) is 1. The van der Waals surface area contributed by atoms with Gasteiger partial charge in [-0.1, -0.05) is 24.3 Å². The van der Waals surface area contributed by atoms with Crippen LogP contribution in [0.1, 0.15) is 23.2 Å². The Morgan fingerprint density at radius 3 is 2.53 bits per heavy atom. The molecular formula is C21H24F3N5O. The molecular weight excluding hydrogens is 395 g/mol. The number of rotatable bonds is 1. The standard InChI is InChI=1S/C14H19NO.C7H5F3N4/c1-2-4-13-11-14(6-5-12(13)3-1)15-7-9-16-10-8-15;8-7(9,10)4-1-3-5(11)12-2-13-6(3)14-4/h1-4,14H,5-11H2;1-2H,(H3,11,12,13,14)/t14-;/m0./s1. The van der Waals surface area contributed by atoms with Crippen LogP contribution in [0.3, 0.4) is 0 Å². The Hall–Kier alpha value is -2.65. The SMILES string of the molecule is Nc1ncnc2[nH]c(C(F)(F)F)cc12.c1ccc2c(c1)CC[C@H](N1CCOCC1)C2. The lowest BCUT2D eigenvalue weighted by molar-refractivity contribution is -0.140. The van der Waals surface area contributed by atoms with Gasteiger partial charge < -0.3 is 15.5 Å². The van der Waals surface area contributed by atoms with Gasteiger partial charge in [0.1, 0.15) is 23.5 Å². The van der Waals surface area contributed by atoms with Gasteiger partial charge in [-0.05, 0) is 36.5 Å². The van der Waals surface area contributed by atoms with Gasteiger partial charge in [0.25, 0.3) is 0 Å². The molecule has 0 saturated carbocycles. The molecule has 3 aromatic rings. The van der Waals surface area contributed by atoms with Crippen LogP contribution in [0.15, 0.2) is 36.7 Å². The minimum Gasteiger partial charge on any atom is -0.383 e. The normalized spacial score (nSPS) is 19.8. The molecule has 1 aliphatic heterocycles. The Balaban J connectivity index is 0.000000147. The van der Waals surface area contributed by atoms with Crippen LogP contribution in [-0.4, -0.2) is 52.2 Å². The third kappa shape index (κ3) is 4.57. The fourth-order valence-corrected chi connectivity index (χ4v) is 4.04. The summed E-state index contributed by atoms with van der Waals surface area (Å²) in [5, 5.41) is 0.180. The third-order valence-corrected chi connectivity index (χ3v) is 5.64. The van der Waals surface area contributed by atoms with Crippen LogP contribution in [0.5, 0.6) is 0 Å². The highest BCUT2D eigenvalue weighted by Crippen LogP contribution is 2.31. The number of fused-ring (bicyclic) bond motifs is 2. The molecule has 1 fully saturated rings. The number of alkyl halides is 3. The first kappa shape index (κ1) is 20.6. The Bertz CT molecular complexity index is 998. The van der Waals surface area contributed by atoms with Crippen molar-refractivity contribution in [2.24, 2.45) is 0 Å². The van der Waals surface area contributed by atoms with Crippen LogP contribution in [0.4, 0.5) is 19.0 Å². The molecule has 1 aromatic carbocycles. The Labute approximate surface area is 172 Å². The lowest BCUT2D eigenvalue weighted by Crippen LogP contribution is -2.45. The maximum atomic E-state index is 12.2. The predicted molar refractivity (Wildman–Crippen MR) is 108 cm³/mol. The quantitative estimate of drug-likeness (QED) is 0.632. The number of aromatic nitrogens is 3. The summed E-state index contributed by atoms with van der Waals surface area (Å²) < 4.78 is 42.1. The fourth-order valence-electron chi connectivity index (χ4n) is 4.04. The van der Waals surface area contributed by atoms with Crippen molar-refractivity contribution in [1.82, 2.24) is 19.9 Å². The van der Waals surface area contributed by atoms with Crippen molar-refractivity contribution in [2.75, 3.05) is 32.0 Å². The Kier molecular flexibility index (Phi) is 5.92. The molecule has 0 unspecified atom stereocenters. The summed E-state index contributed by atoms with van der Waals surface area (Å²) in [5.41, 5.74) is 7.71. The monoisotopic (exact) mass is 419 g/mol. The van der Waals surface area contributed by atoms with E-state index in [2.05, 4.69) is 44.1 Å². The molecule has 5 rings (SSSR count). The second-order valence-electron chi connectivity index (χ2n) is 7.52. The van der Waals surface area contributed by atoms with Gasteiger partial charge in [0.2, 0.25) is 0 Å². The first-order valence-corrected chi connectivity index (χ1v) is 9.97. The van der Waals surface area contributed by atoms with E-state index in [1.807, 2.05) is 0 Å². The third-order valence-electron chi connectivity index (χ3n) is 5.64. The summed E-state index contributed by atoms with van der Waals surface area (Å²) in [7, 11) is 0. The molecule has 1 aliphatic carbocycles. The summed E-state index contributed by atoms with van der Waals surface area (Å²) in [5.74, 6) is 0.0294. The number of aromatic amines is 1. The second kappa shape index (κ2) is 8.61. The van der Waals surface area contributed by atoms with Crippen molar-refractivity contribution in [3.8, 4) is 0 Å². The topological polar surface area (TPSA) is 80.1 Å². The van der Waals surface area contributed by atoms with Crippen molar-refractivity contribution in [1.29, 1.82) is 0 Å². The zero-order chi connectivity index (χ0) is 21.1. The van der Waals surface area contributed by atoms with Crippen LogP contribution in [0, 0.1) is 0 Å². The molecule has 1 atom stereocenters. The van der Waals surface area contributed by atoms with E-state index in [1.165, 1.54) is 19.3 Å². The number of hydrogen-bond acceptors (Lipinski definition) is 5. The van der Waals surface area contributed by atoms with E-state index in [4.69, 9.17) is 10.5 Å². The molecule has 160 valence electrons. The van der Waals surface area contributed by atoms with Crippen molar-refractivity contribution in [2.45, 2.75) is 31.5 Å². The largest absolute Gasteiger partial charge is 0.431 e. The first-order chi connectivity index (χ1) is 14.4. The number of aryl methyl sites for hydroxylation is 1. The Morgan fingerprint density at radius 2 is 1.83 bits per heavy atom. The molecule has 6 nitrogen and oxygen atoms in total. The molecule has 0 radical (unpaired) electrons. The fraction of sp³-hybridized carbons (Fsp3) is 0.429.